The molecule has 1 rings (SSSR count). The van der Waals surface area contributed by atoms with Crippen LogP contribution in [0.25, 0.3) is 0 Å². The Bertz CT molecular complexity index is 273. The molecule has 0 aromatic rings. The Balaban J connectivity index is 2.28. The molecule has 1 aliphatic rings. The fraction of sp³-hybridized carbons (Fsp3) is 0.929. The Hall–Kier alpha value is -0.690. The molecule has 1 heterocycles. The highest BCUT2D eigenvalue weighted by atomic mass is 16.5. The minimum Gasteiger partial charge on any atom is -0.396 e. The van der Waals surface area contributed by atoms with Gasteiger partial charge in [-0.25, -0.2) is 0 Å². The largest absolute Gasteiger partial charge is 0.396 e. The maximum atomic E-state index is 11.7. The van der Waals surface area contributed by atoms with Gasteiger partial charge in [0.15, 0.2) is 0 Å². The second-order valence-corrected chi connectivity index (χ2v) is 5.67. The van der Waals surface area contributed by atoms with E-state index >= 15 is 0 Å². The highest BCUT2D eigenvalue weighted by Gasteiger charge is 2.23. The van der Waals surface area contributed by atoms with Gasteiger partial charge in [-0.2, -0.15) is 0 Å². The number of nitrogens with one attached hydrogen (secondary N) is 1. The van der Waals surface area contributed by atoms with Crippen LogP contribution in [0.3, 0.4) is 0 Å². The zero-order valence-corrected chi connectivity index (χ0v) is 13.0. The fourth-order valence-corrected chi connectivity index (χ4v) is 2.50. The number of piperidine rings is 1. The van der Waals surface area contributed by atoms with E-state index in [2.05, 4.69) is 10.2 Å². The molecule has 1 atom stereocenters. The van der Waals surface area contributed by atoms with Gasteiger partial charge < -0.3 is 20.1 Å². The van der Waals surface area contributed by atoms with E-state index < -0.39 is 0 Å². The van der Waals surface area contributed by atoms with E-state index in [0.717, 1.165) is 25.9 Å². The number of methoxy groups -OCH3 is 1. The van der Waals surface area contributed by atoms with Crippen molar-refractivity contribution in [2.75, 3.05) is 54.1 Å². The van der Waals surface area contributed by atoms with Crippen LogP contribution in [0.4, 0.5) is 0 Å². The smallest absolute Gasteiger partial charge is 0.236 e. The Morgan fingerprint density at radius 1 is 1.45 bits per heavy atom. The van der Waals surface area contributed by atoms with Crippen LogP contribution in [0.5, 0.6) is 0 Å². The van der Waals surface area contributed by atoms with Gasteiger partial charge in [0, 0.05) is 53.0 Å². The maximum absolute atomic E-state index is 11.7. The monoisotopic (exact) mass is 287 g/mol. The average Bonchev–Trinajstić information content (AvgIpc) is 2.41. The number of aliphatic hydroxyl groups excluding tert-OH is 1. The molecule has 0 aromatic heterocycles. The molecule has 1 unspecified atom stereocenters. The molecule has 1 aliphatic heterocycles. The topological polar surface area (TPSA) is 65.0 Å². The van der Waals surface area contributed by atoms with E-state index in [4.69, 9.17) is 9.84 Å². The van der Waals surface area contributed by atoms with Crippen LogP contribution in [0, 0.1) is 0 Å². The molecule has 20 heavy (non-hydrogen) atoms. The Labute approximate surface area is 122 Å². The number of ether oxygens (including phenoxy) is 1. The SMILES string of the molecule is COCC(CCO)NC1CCN(CC(=O)N(C)C)CC1. The summed E-state index contributed by atoms with van der Waals surface area (Å²) in [5.41, 5.74) is 0. The van der Waals surface area contributed by atoms with Crippen LogP contribution < -0.4 is 5.32 Å². The van der Waals surface area contributed by atoms with Gasteiger partial charge in [-0.3, -0.25) is 9.69 Å². The molecule has 118 valence electrons. The van der Waals surface area contributed by atoms with Gasteiger partial charge in [-0.1, -0.05) is 0 Å². The predicted molar refractivity (Wildman–Crippen MR) is 78.7 cm³/mol. The normalized spacial score (nSPS) is 19.0. The average molecular weight is 287 g/mol. The third-order valence-electron chi connectivity index (χ3n) is 3.76. The molecule has 0 aromatic carbocycles. The van der Waals surface area contributed by atoms with Crippen molar-refractivity contribution < 1.29 is 14.6 Å². The molecular weight excluding hydrogens is 258 g/mol. The fourth-order valence-electron chi connectivity index (χ4n) is 2.50. The lowest BCUT2D eigenvalue weighted by Crippen LogP contribution is -2.49. The Morgan fingerprint density at radius 3 is 2.60 bits per heavy atom. The summed E-state index contributed by atoms with van der Waals surface area (Å²) < 4.78 is 5.16. The van der Waals surface area contributed by atoms with E-state index in [9.17, 15) is 4.79 Å². The summed E-state index contributed by atoms with van der Waals surface area (Å²) in [6.45, 7) is 3.20. The molecule has 1 amide bonds. The molecule has 0 bridgehead atoms. The van der Waals surface area contributed by atoms with E-state index in [-0.39, 0.29) is 18.6 Å². The van der Waals surface area contributed by atoms with Crippen LogP contribution in [-0.2, 0) is 9.53 Å². The second-order valence-electron chi connectivity index (χ2n) is 5.67. The number of aliphatic hydroxyl groups is 1. The first-order valence-electron chi connectivity index (χ1n) is 7.35. The van der Waals surface area contributed by atoms with E-state index in [1.54, 1.807) is 26.1 Å². The molecule has 0 saturated carbocycles. The number of nitrogens with zero attached hydrogens (tertiary/aromatic N) is 2. The number of likely N-dealkylation sites (N-methyl/N-ethyl adjacent to an activating group) is 1. The quantitative estimate of drug-likeness (QED) is 0.632. The van der Waals surface area contributed by atoms with Crippen molar-refractivity contribution in [3.8, 4) is 0 Å². The molecule has 1 fully saturated rings. The van der Waals surface area contributed by atoms with Crippen molar-refractivity contribution >= 4 is 5.91 Å². The molecule has 6 nitrogen and oxygen atoms in total. The Kier molecular flexibility index (Phi) is 8.06. The molecule has 6 heteroatoms. The van der Waals surface area contributed by atoms with Gasteiger partial charge in [0.05, 0.1) is 13.2 Å². The number of carbonyl (C=O) groups is 1. The highest BCUT2D eigenvalue weighted by Crippen LogP contribution is 2.11. The van der Waals surface area contributed by atoms with E-state index in [1.165, 1.54) is 0 Å². The Morgan fingerprint density at radius 2 is 2.10 bits per heavy atom. The lowest BCUT2D eigenvalue weighted by molar-refractivity contribution is -0.130. The van der Waals surface area contributed by atoms with E-state index in [0.29, 0.717) is 25.6 Å². The molecule has 0 aliphatic carbocycles. The number of rotatable bonds is 8. The van der Waals surface area contributed by atoms with Crippen LogP contribution >= 0.6 is 0 Å². The zero-order valence-electron chi connectivity index (χ0n) is 13.0. The minimum atomic E-state index is 0.161. The van der Waals surface area contributed by atoms with Crippen LogP contribution in [-0.4, -0.2) is 87.0 Å². The van der Waals surface area contributed by atoms with Crippen molar-refractivity contribution in [3.63, 3.8) is 0 Å². The first-order chi connectivity index (χ1) is 9.56. The summed E-state index contributed by atoms with van der Waals surface area (Å²) in [6.07, 6.45) is 2.78. The van der Waals surface area contributed by atoms with E-state index in [1.807, 2.05) is 0 Å². The molecule has 0 radical (unpaired) electrons. The lowest BCUT2D eigenvalue weighted by atomic mass is 10.0. The second kappa shape index (κ2) is 9.28. The number of hydrogen-bond acceptors (Lipinski definition) is 5. The van der Waals surface area contributed by atoms with Gasteiger partial charge >= 0.3 is 0 Å². The van der Waals surface area contributed by atoms with Gasteiger partial charge in [0.25, 0.3) is 0 Å². The number of carbonyl (C=O) groups excluding carboxylic acids is 1. The number of hydrogen-bond donors (Lipinski definition) is 2. The van der Waals surface area contributed by atoms with Gasteiger partial charge in [-0.15, -0.1) is 0 Å². The van der Waals surface area contributed by atoms with Crippen LogP contribution in [0.1, 0.15) is 19.3 Å². The summed E-state index contributed by atoms with van der Waals surface area (Å²) in [4.78, 5) is 15.5. The maximum Gasteiger partial charge on any atom is 0.236 e. The minimum absolute atomic E-state index is 0.161. The zero-order chi connectivity index (χ0) is 15.0. The standard InChI is InChI=1S/C14H29N3O3/c1-16(2)14(19)10-17-7-4-12(5-8-17)15-13(6-9-18)11-20-3/h12-13,15,18H,4-11H2,1-3H3. The van der Waals surface area contributed by atoms with Crippen molar-refractivity contribution in [1.82, 2.24) is 15.1 Å². The van der Waals surface area contributed by atoms with Gasteiger partial charge in [0.2, 0.25) is 5.91 Å². The molecular formula is C14H29N3O3. The van der Waals surface area contributed by atoms with Gasteiger partial charge in [0.1, 0.15) is 0 Å². The lowest BCUT2D eigenvalue weighted by Gasteiger charge is -2.34. The third kappa shape index (κ3) is 6.17. The van der Waals surface area contributed by atoms with Crippen molar-refractivity contribution in [3.05, 3.63) is 0 Å². The number of likely N-dealkylation sites (tertiary alicyclic amines) is 1. The van der Waals surface area contributed by atoms with Crippen molar-refractivity contribution in [2.24, 2.45) is 0 Å². The predicted octanol–water partition coefficient (Wildman–Crippen LogP) is -0.474. The van der Waals surface area contributed by atoms with Gasteiger partial charge in [-0.05, 0) is 19.3 Å². The summed E-state index contributed by atoms with van der Waals surface area (Å²) >= 11 is 0. The summed E-state index contributed by atoms with van der Waals surface area (Å²) in [6, 6.07) is 0.664. The summed E-state index contributed by atoms with van der Waals surface area (Å²) in [7, 11) is 5.27. The molecule has 0 spiro atoms. The first kappa shape index (κ1) is 17.4. The highest BCUT2D eigenvalue weighted by molar-refractivity contribution is 5.77. The van der Waals surface area contributed by atoms with Crippen LogP contribution in [0.2, 0.25) is 0 Å². The summed E-state index contributed by atoms with van der Waals surface area (Å²) in [5.74, 6) is 0.161. The van der Waals surface area contributed by atoms with Crippen molar-refractivity contribution in [2.45, 2.75) is 31.3 Å². The first-order valence-corrected chi connectivity index (χ1v) is 7.35. The molecule has 1 saturated heterocycles. The third-order valence-corrected chi connectivity index (χ3v) is 3.76. The number of amides is 1. The summed E-state index contributed by atoms with van der Waals surface area (Å²) in [5, 5.41) is 12.6. The van der Waals surface area contributed by atoms with Crippen LogP contribution in [0.15, 0.2) is 0 Å². The van der Waals surface area contributed by atoms with Crippen molar-refractivity contribution in [1.29, 1.82) is 0 Å². The molecule has 2 N–H and O–H groups in total.